The first-order chi connectivity index (χ1) is 4.72. The first-order valence-corrected chi connectivity index (χ1v) is 2.65. The van der Waals surface area contributed by atoms with Gasteiger partial charge < -0.3 is 15.9 Å². The van der Waals surface area contributed by atoms with Crippen molar-refractivity contribution in [3.63, 3.8) is 0 Å². The number of aliphatic hydroxyl groups excluding tert-OH is 1. The van der Waals surface area contributed by atoms with E-state index < -0.39 is 5.97 Å². The molecule has 0 aromatic rings. The maximum atomic E-state index is 10.2. The summed E-state index contributed by atoms with van der Waals surface area (Å²) >= 11 is 0. The molecule has 0 heterocycles. The Morgan fingerprint density at radius 1 is 1.60 bits per heavy atom. The lowest BCUT2D eigenvalue weighted by molar-refractivity contribution is -0.132. The molecule has 0 saturated carbocycles. The summed E-state index contributed by atoms with van der Waals surface area (Å²) in [4.78, 5) is 10.2. The number of aliphatic carboxylic acids is 1. The number of carbonyl (C=O) groups is 1. The van der Waals surface area contributed by atoms with E-state index >= 15 is 0 Å². The molecule has 0 fully saturated rings. The first-order valence-electron chi connectivity index (χ1n) is 2.65. The zero-order chi connectivity index (χ0) is 7.98. The van der Waals surface area contributed by atoms with Gasteiger partial charge in [-0.3, -0.25) is 0 Å². The molecule has 0 aromatic heterocycles. The van der Waals surface area contributed by atoms with E-state index in [0.717, 1.165) is 12.5 Å². The minimum atomic E-state index is -1.07. The van der Waals surface area contributed by atoms with Gasteiger partial charge >= 0.3 is 5.97 Å². The van der Waals surface area contributed by atoms with Gasteiger partial charge in [-0.25, -0.2) is 4.79 Å². The molecular weight excluding hydrogens is 134 g/mol. The molecule has 0 spiro atoms. The van der Waals surface area contributed by atoms with Crippen LogP contribution in [0.2, 0.25) is 0 Å². The molecule has 0 aliphatic carbocycles. The third kappa shape index (κ3) is 2.76. The van der Waals surface area contributed by atoms with E-state index in [1.807, 2.05) is 0 Å². The Morgan fingerprint density at radius 3 is 2.50 bits per heavy atom. The van der Waals surface area contributed by atoms with Crippen LogP contribution in [0.3, 0.4) is 0 Å². The fourth-order valence-electron chi connectivity index (χ4n) is 0.406. The fourth-order valence-corrected chi connectivity index (χ4v) is 0.406. The molecule has 0 aliphatic heterocycles. The van der Waals surface area contributed by atoms with Crippen LogP contribution < -0.4 is 5.73 Å². The molecule has 4 N–H and O–H groups in total. The smallest absolute Gasteiger partial charge is 0.333 e. The monoisotopic (exact) mass is 143 g/mol. The van der Waals surface area contributed by atoms with Crippen LogP contribution in [0.1, 0.15) is 6.42 Å². The lowest BCUT2D eigenvalue weighted by Gasteiger charge is -1.92. The van der Waals surface area contributed by atoms with Gasteiger partial charge in [0, 0.05) is 12.6 Å². The first kappa shape index (κ1) is 8.55. The maximum absolute atomic E-state index is 10.2. The number of hydrogen-bond acceptors (Lipinski definition) is 3. The van der Waals surface area contributed by atoms with Crippen molar-refractivity contribution in [2.75, 3.05) is 0 Å². The quantitative estimate of drug-likeness (QED) is 0.394. The van der Waals surface area contributed by atoms with E-state index in [1.165, 1.54) is 6.08 Å². The van der Waals surface area contributed by atoms with Gasteiger partial charge in [0.1, 0.15) is 0 Å². The van der Waals surface area contributed by atoms with E-state index in [0.29, 0.717) is 0 Å². The summed E-state index contributed by atoms with van der Waals surface area (Å²) < 4.78 is 0. The number of aliphatic hydroxyl groups is 1. The summed E-state index contributed by atoms with van der Waals surface area (Å²) in [6, 6.07) is 0. The number of rotatable bonds is 3. The standard InChI is InChI=1S/C6H9NO3/c7-4-5(6(9)10)2-1-3-8/h1,3-4,8H,2,7H2,(H,9,10). The van der Waals surface area contributed by atoms with E-state index in [1.54, 1.807) is 0 Å². The van der Waals surface area contributed by atoms with Crippen LogP contribution in [-0.4, -0.2) is 16.2 Å². The number of allylic oxidation sites excluding steroid dienone is 1. The van der Waals surface area contributed by atoms with Crippen molar-refractivity contribution < 1.29 is 15.0 Å². The number of carboxylic acids is 1. The van der Waals surface area contributed by atoms with E-state index in [9.17, 15) is 4.79 Å². The minimum Gasteiger partial charge on any atom is -0.516 e. The van der Waals surface area contributed by atoms with Crippen molar-refractivity contribution in [2.24, 2.45) is 5.73 Å². The van der Waals surface area contributed by atoms with Crippen molar-refractivity contribution >= 4 is 5.97 Å². The molecule has 0 rings (SSSR count). The van der Waals surface area contributed by atoms with Crippen LogP contribution in [0.25, 0.3) is 0 Å². The molecule has 0 unspecified atom stereocenters. The Hall–Kier alpha value is -1.45. The summed E-state index contributed by atoms with van der Waals surface area (Å²) in [5.41, 5.74) is 5.02. The highest BCUT2D eigenvalue weighted by Crippen LogP contribution is 1.99. The summed E-state index contributed by atoms with van der Waals surface area (Å²) in [5, 5.41) is 16.5. The Kier molecular flexibility index (Phi) is 3.79. The Labute approximate surface area is 58.3 Å². The van der Waals surface area contributed by atoms with Crippen molar-refractivity contribution in [2.45, 2.75) is 6.42 Å². The average Bonchev–Trinajstić information content (AvgIpc) is 1.89. The van der Waals surface area contributed by atoms with Crippen molar-refractivity contribution in [1.82, 2.24) is 0 Å². The highest BCUT2D eigenvalue weighted by molar-refractivity contribution is 5.86. The van der Waals surface area contributed by atoms with E-state index in [2.05, 4.69) is 0 Å². The van der Waals surface area contributed by atoms with Gasteiger partial charge in [0.15, 0.2) is 0 Å². The third-order valence-corrected chi connectivity index (χ3v) is 0.919. The number of nitrogens with two attached hydrogens (primary N) is 1. The molecule has 10 heavy (non-hydrogen) atoms. The number of carboxylic acid groups (broad SMARTS) is 1. The van der Waals surface area contributed by atoms with E-state index in [-0.39, 0.29) is 12.0 Å². The summed E-state index contributed by atoms with van der Waals surface area (Å²) in [5.74, 6) is -1.07. The molecule has 0 aromatic carbocycles. The minimum absolute atomic E-state index is 0.0605. The van der Waals surface area contributed by atoms with Crippen LogP contribution in [0.15, 0.2) is 24.1 Å². The number of hydrogen-bond donors (Lipinski definition) is 3. The molecule has 0 radical (unpaired) electrons. The van der Waals surface area contributed by atoms with Crippen molar-refractivity contribution in [3.8, 4) is 0 Å². The van der Waals surface area contributed by atoms with Crippen LogP contribution in [0.5, 0.6) is 0 Å². The van der Waals surface area contributed by atoms with Gasteiger partial charge in [0.05, 0.1) is 11.8 Å². The van der Waals surface area contributed by atoms with Gasteiger partial charge in [-0.1, -0.05) is 0 Å². The molecule has 0 bridgehead atoms. The van der Waals surface area contributed by atoms with Crippen molar-refractivity contribution in [1.29, 1.82) is 0 Å². The molecule has 0 saturated heterocycles. The zero-order valence-corrected chi connectivity index (χ0v) is 5.32. The lowest BCUT2D eigenvalue weighted by Crippen LogP contribution is -2.01. The molecule has 0 aliphatic rings. The predicted molar refractivity (Wildman–Crippen MR) is 36.3 cm³/mol. The van der Waals surface area contributed by atoms with Gasteiger partial charge in [0.25, 0.3) is 0 Å². The van der Waals surface area contributed by atoms with Crippen molar-refractivity contribution in [3.05, 3.63) is 24.1 Å². The predicted octanol–water partition coefficient (Wildman–Crippen LogP) is 0.375. The molecule has 0 amide bonds. The van der Waals surface area contributed by atoms with Crippen LogP contribution in [-0.2, 0) is 4.79 Å². The second-order valence-corrected chi connectivity index (χ2v) is 1.59. The largest absolute Gasteiger partial charge is 0.516 e. The Morgan fingerprint density at radius 2 is 2.20 bits per heavy atom. The zero-order valence-electron chi connectivity index (χ0n) is 5.32. The summed E-state index contributed by atoms with van der Waals surface area (Å²) in [7, 11) is 0. The van der Waals surface area contributed by atoms with E-state index in [4.69, 9.17) is 15.9 Å². The van der Waals surface area contributed by atoms with Crippen LogP contribution >= 0.6 is 0 Å². The van der Waals surface area contributed by atoms with Gasteiger partial charge in [0.2, 0.25) is 0 Å². The van der Waals surface area contributed by atoms with Gasteiger partial charge in [-0.05, 0) is 6.08 Å². The highest BCUT2D eigenvalue weighted by Gasteiger charge is 2.02. The SMILES string of the molecule is NC=C(CC=CO)C(=O)O. The molecule has 4 heteroatoms. The maximum Gasteiger partial charge on any atom is 0.333 e. The fraction of sp³-hybridized carbons (Fsp3) is 0.167. The average molecular weight is 143 g/mol. The molecule has 0 atom stereocenters. The summed E-state index contributed by atoms with van der Waals surface area (Å²) in [6.07, 6.45) is 3.23. The normalized spacial score (nSPS) is 12.2. The third-order valence-electron chi connectivity index (χ3n) is 0.919. The van der Waals surface area contributed by atoms with Crippen LogP contribution in [0, 0.1) is 0 Å². The lowest BCUT2D eigenvalue weighted by atomic mass is 10.2. The van der Waals surface area contributed by atoms with Gasteiger partial charge in [-0.15, -0.1) is 0 Å². The molecular formula is C6H9NO3. The Bertz CT molecular complexity index is 172. The second-order valence-electron chi connectivity index (χ2n) is 1.59. The summed E-state index contributed by atoms with van der Waals surface area (Å²) in [6.45, 7) is 0. The Balaban J connectivity index is 3.99. The second kappa shape index (κ2) is 4.43. The topological polar surface area (TPSA) is 83.5 Å². The molecule has 56 valence electrons. The highest BCUT2D eigenvalue weighted by atomic mass is 16.4. The molecule has 4 nitrogen and oxygen atoms in total. The van der Waals surface area contributed by atoms with Crippen LogP contribution in [0.4, 0.5) is 0 Å². The van der Waals surface area contributed by atoms with Gasteiger partial charge in [-0.2, -0.15) is 0 Å².